The Hall–Kier alpha value is -0.640. The van der Waals surface area contributed by atoms with Crippen molar-refractivity contribution in [2.75, 3.05) is 0 Å². The molecule has 3 nitrogen and oxygen atoms in total. The first-order valence-corrected chi connectivity index (χ1v) is 3.15. The van der Waals surface area contributed by atoms with Gasteiger partial charge in [0, 0.05) is 6.42 Å². The number of carboxylic acids is 1. The van der Waals surface area contributed by atoms with E-state index in [-0.39, 0.29) is 6.42 Å². The molecule has 60 valence electrons. The highest BCUT2D eigenvalue weighted by atomic mass is 19.2. The third-order valence-electron chi connectivity index (χ3n) is 1.19. The summed E-state index contributed by atoms with van der Waals surface area (Å²) in [7, 11) is 0. The number of hydrogen-bond acceptors (Lipinski definition) is 2. The smallest absolute Gasteiger partial charge is 0.369 e. The van der Waals surface area contributed by atoms with E-state index in [0.29, 0.717) is 12.8 Å². The van der Waals surface area contributed by atoms with Gasteiger partial charge in [-0.2, -0.15) is 4.39 Å². The molecule has 2 N–H and O–H groups in total. The van der Waals surface area contributed by atoms with Crippen LogP contribution in [0.3, 0.4) is 0 Å². The van der Waals surface area contributed by atoms with Gasteiger partial charge in [0.05, 0.1) is 0 Å². The van der Waals surface area contributed by atoms with Gasteiger partial charge in [-0.25, -0.2) is 4.79 Å². The molecule has 0 fully saturated rings. The predicted molar refractivity (Wildman–Crippen MR) is 33.2 cm³/mol. The van der Waals surface area contributed by atoms with Gasteiger partial charge >= 0.3 is 11.8 Å². The first kappa shape index (κ1) is 9.36. The maximum atomic E-state index is 12.4. The topological polar surface area (TPSA) is 57.5 Å². The highest BCUT2D eigenvalue weighted by Crippen LogP contribution is 2.15. The van der Waals surface area contributed by atoms with Crippen LogP contribution in [0.4, 0.5) is 4.39 Å². The number of rotatable bonds is 4. The van der Waals surface area contributed by atoms with E-state index in [1.54, 1.807) is 6.92 Å². The third kappa shape index (κ3) is 2.77. The molecular weight excluding hydrogens is 139 g/mol. The van der Waals surface area contributed by atoms with E-state index >= 15 is 0 Å². The molecule has 0 aromatic heterocycles. The molecule has 0 saturated carbocycles. The van der Waals surface area contributed by atoms with Gasteiger partial charge in [-0.15, -0.1) is 0 Å². The van der Waals surface area contributed by atoms with Crippen LogP contribution in [0.1, 0.15) is 26.2 Å². The lowest BCUT2D eigenvalue weighted by Crippen LogP contribution is -2.32. The zero-order valence-electron chi connectivity index (χ0n) is 5.80. The van der Waals surface area contributed by atoms with Gasteiger partial charge in [0.1, 0.15) is 0 Å². The van der Waals surface area contributed by atoms with E-state index in [4.69, 9.17) is 10.2 Å². The molecule has 0 saturated heterocycles. The molecule has 0 heterocycles. The molecule has 0 bridgehead atoms. The summed E-state index contributed by atoms with van der Waals surface area (Å²) in [5.41, 5.74) is 0. The molecule has 0 amide bonds. The first-order valence-electron chi connectivity index (χ1n) is 3.15. The van der Waals surface area contributed by atoms with E-state index in [9.17, 15) is 9.18 Å². The Morgan fingerprint density at radius 2 is 2.20 bits per heavy atom. The molecule has 0 spiro atoms. The molecule has 0 aromatic rings. The average molecular weight is 150 g/mol. The Morgan fingerprint density at radius 3 is 2.50 bits per heavy atom. The lowest BCUT2D eigenvalue weighted by atomic mass is 10.1. The van der Waals surface area contributed by atoms with Crippen molar-refractivity contribution < 1.29 is 19.4 Å². The van der Waals surface area contributed by atoms with Gasteiger partial charge in [0.2, 0.25) is 0 Å². The van der Waals surface area contributed by atoms with Crippen molar-refractivity contribution in [1.29, 1.82) is 0 Å². The number of carboxylic acid groups (broad SMARTS) is 1. The molecule has 1 unspecified atom stereocenters. The number of unbranched alkanes of at least 4 members (excludes halogenated alkanes) is 1. The highest BCUT2D eigenvalue weighted by molar-refractivity contribution is 5.74. The van der Waals surface area contributed by atoms with Crippen LogP contribution < -0.4 is 0 Å². The summed E-state index contributed by atoms with van der Waals surface area (Å²) in [6.45, 7) is 1.79. The Labute approximate surface area is 58.5 Å². The largest absolute Gasteiger partial charge is 0.477 e. The minimum absolute atomic E-state index is 0.334. The molecule has 1 atom stereocenters. The van der Waals surface area contributed by atoms with Gasteiger partial charge in [0.25, 0.3) is 0 Å². The van der Waals surface area contributed by atoms with E-state index in [2.05, 4.69) is 0 Å². The maximum absolute atomic E-state index is 12.4. The minimum Gasteiger partial charge on any atom is -0.477 e. The summed E-state index contributed by atoms with van der Waals surface area (Å²) < 4.78 is 12.4. The molecule has 4 heteroatoms. The van der Waals surface area contributed by atoms with Crippen molar-refractivity contribution in [3.63, 3.8) is 0 Å². The van der Waals surface area contributed by atoms with Crippen LogP contribution in [0.15, 0.2) is 0 Å². The molecule has 0 rings (SSSR count). The lowest BCUT2D eigenvalue weighted by molar-refractivity contribution is -0.181. The van der Waals surface area contributed by atoms with Crippen LogP contribution in [0.2, 0.25) is 0 Å². The monoisotopic (exact) mass is 150 g/mol. The number of hydrogen-bond donors (Lipinski definition) is 2. The number of halogens is 1. The molecule has 0 aliphatic carbocycles. The quantitative estimate of drug-likeness (QED) is 0.626. The summed E-state index contributed by atoms with van der Waals surface area (Å²) in [5, 5.41) is 16.5. The van der Waals surface area contributed by atoms with E-state index < -0.39 is 11.8 Å². The second kappa shape index (κ2) is 3.51. The van der Waals surface area contributed by atoms with E-state index in [1.165, 1.54) is 0 Å². The van der Waals surface area contributed by atoms with E-state index in [1.807, 2.05) is 0 Å². The van der Waals surface area contributed by atoms with Crippen molar-refractivity contribution in [2.24, 2.45) is 0 Å². The number of aliphatic carboxylic acids is 1. The summed E-state index contributed by atoms with van der Waals surface area (Å²) >= 11 is 0. The Kier molecular flexibility index (Phi) is 3.28. The number of aliphatic hydroxyl groups is 1. The normalized spacial score (nSPS) is 16.3. The van der Waals surface area contributed by atoms with Gasteiger partial charge in [-0.3, -0.25) is 0 Å². The minimum atomic E-state index is -3.03. The molecule has 0 radical (unpaired) electrons. The second-order valence-corrected chi connectivity index (χ2v) is 2.17. The molecule has 0 aliphatic heterocycles. The standard InChI is InChI=1S/C6H11FO3/c1-2-3-4-6(7,10)5(8)9/h10H,2-4H2,1H3,(H,8,9). The fourth-order valence-corrected chi connectivity index (χ4v) is 0.518. The third-order valence-corrected chi connectivity index (χ3v) is 1.19. The Balaban J connectivity index is 3.75. The molecular formula is C6H11FO3. The second-order valence-electron chi connectivity index (χ2n) is 2.17. The van der Waals surface area contributed by atoms with E-state index in [0.717, 1.165) is 0 Å². The average Bonchev–Trinajstić information content (AvgIpc) is 1.84. The van der Waals surface area contributed by atoms with Crippen LogP contribution in [0.25, 0.3) is 0 Å². The number of carbonyl (C=O) groups is 1. The maximum Gasteiger partial charge on any atom is 0.369 e. The van der Waals surface area contributed by atoms with Gasteiger partial charge in [0.15, 0.2) is 0 Å². The zero-order chi connectivity index (χ0) is 8.20. The fraction of sp³-hybridized carbons (Fsp3) is 0.833. The van der Waals surface area contributed by atoms with Crippen LogP contribution >= 0.6 is 0 Å². The van der Waals surface area contributed by atoms with Crippen molar-refractivity contribution >= 4 is 5.97 Å². The van der Waals surface area contributed by atoms with Crippen LogP contribution in [0, 0.1) is 0 Å². The van der Waals surface area contributed by atoms with Gasteiger partial charge in [-0.05, 0) is 6.42 Å². The number of alkyl halides is 1. The van der Waals surface area contributed by atoms with Crippen LogP contribution in [-0.2, 0) is 4.79 Å². The zero-order valence-corrected chi connectivity index (χ0v) is 5.80. The van der Waals surface area contributed by atoms with Crippen LogP contribution in [0.5, 0.6) is 0 Å². The Bertz CT molecular complexity index is 122. The Morgan fingerprint density at radius 1 is 1.70 bits per heavy atom. The summed E-state index contributed by atoms with van der Waals surface area (Å²) in [6, 6.07) is 0. The fourth-order valence-electron chi connectivity index (χ4n) is 0.518. The van der Waals surface area contributed by atoms with Crippen molar-refractivity contribution in [2.45, 2.75) is 32.0 Å². The van der Waals surface area contributed by atoms with Gasteiger partial charge in [-0.1, -0.05) is 13.3 Å². The molecule has 0 aromatic carbocycles. The van der Waals surface area contributed by atoms with Gasteiger partial charge < -0.3 is 10.2 Å². The lowest BCUT2D eigenvalue weighted by Gasteiger charge is -2.11. The van der Waals surface area contributed by atoms with Crippen molar-refractivity contribution in [3.8, 4) is 0 Å². The summed E-state index contributed by atoms with van der Waals surface area (Å²) in [6.07, 6.45) is 0.706. The predicted octanol–water partition coefficient (Wildman–Crippen LogP) is 0.919. The SMILES string of the molecule is CCCCC(O)(F)C(=O)O. The van der Waals surface area contributed by atoms with Crippen molar-refractivity contribution in [1.82, 2.24) is 0 Å². The molecule has 10 heavy (non-hydrogen) atoms. The first-order chi connectivity index (χ1) is 4.50. The van der Waals surface area contributed by atoms with Crippen molar-refractivity contribution in [3.05, 3.63) is 0 Å². The molecule has 0 aliphatic rings. The van der Waals surface area contributed by atoms with Crippen LogP contribution in [-0.4, -0.2) is 22.0 Å². The summed E-state index contributed by atoms with van der Waals surface area (Å²) in [4.78, 5) is 9.90. The summed E-state index contributed by atoms with van der Waals surface area (Å²) in [5.74, 6) is -4.84. The highest BCUT2D eigenvalue weighted by Gasteiger charge is 2.34.